The lowest BCUT2D eigenvalue weighted by Crippen LogP contribution is -2.14. The monoisotopic (exact) mass is 448 g/mol. The standard InChI is InChI=1S/C21H17F5N6/c22-13-4-5-15(23)12(7-13)10-32-19(29-17(31-32)6-11-2-1-3-11)14-8-27-9-16-18(14)30-20(28-16)21(24,25)26/h4-5,7-9,11H,1-3,6,10H2,(H,28,30). The van der Waals surface area contributed by atoms with Gasteiger partial charge < -0.3 is 4.98 Å². The number of fused-ring (bicyclic) bond motifs is 1. The van der Waals surface area contributed by atoms with Gasteiger partial charge in [0, 0.05) is 18.2 Å². The molecule has 166 valence electrons. The fourth-order valence-electron chi connectivity index (χ4n) is 3.80. The molecular formula is C21H17F5N6. The number of hydrogen-bond acceptors (Lipinski definition) is 4. The molecule has 0 radical (unpaired) electrons. The minimum absolute atomic E-state index is 0.0240. The predicted octanol–water partition coefficient (Wildman–Crippen LogP) is 4.90. The van der Waals surface area contributed by atoms with Crippen LogP contribution in [0.15, 0.2) is 30.6 Å². The molecule has 0 amide bonds. The van der Waals surface area contributed by atoms with Crippen LogP contribution in [0.3, 0.4) is 0 Å². The number of H-pyrrole nitrogens is 1. The van der Waals surface area contributed by atoms with Crippen LogP contribution in [0.25, 0.3) is 22.4 Å². The van der Waals surface area contributed by atoms with Crippen molar-refractivity contribution in [1.29, 1.82) is 0 Å². The predicted molar refractivity (Wildman–Crippen MR) is 104 cm³/mol. The van der Waals surface area contributed by atoms with Crippen molar-refractivity contribution >= 4 is 11.0 Å². The van der Waals surface area contributed by atoms with Crippen LogP contribution < -0.4 is 0 Å². The van der Waals surface area contributed by atoms with E-state index in [0.717, 1.165) is 37.5 Å². The normalized spacial score (nSPS) is 14.8. The van der Waals surface area contributed by atoms with Gasteiger partial charge in [-0.3, -0.25) is 4.98 Å². The second kappa shape index (κ2) is 7.64. The zero-order chi connectivity index (χ0) is 22.5. The maximum absolute atomic E-state index is 14.3. The largest absolute Gasteiger partial charge is 0.449 e. The van der Waals surface area contributed by atoms with E-state index < -0.39 is 23.6 Å². The molecule has 6 nitrogen and oxygen atoms in total. The molecule has 1 aromatic carbocycles. The maximum Gasteiger partial charge on any atom is 0.449 e. The van der Waals surface area contributed by atoms with Crippen molar-refractivity contribution in [2.75, 3.05) is 0 Å². The summed E-state index contributed by atoms with van der Waals surface area (Å²) in [4.78, 5) is 14.5. The van der Waals surface area contributed by atoms with Crippen LogP contribution in [-0.2, 0) is 19.1 Å². The van der Waals surface area contributed by atoms with E-state index >= 15 is 0 Å². The molecule has 0 bridgehead atoms. The van der Waals surface area contributed by atoms with E-state index in [-0.39, 0.29) is 34.5 Å². The van der Waals surface area contributed by atoms with Crippen molar-refractivity contribution in [3.05, 3.63) is 59.4 Å². The molecule has 4 aromatic rings. The van der Waals surface area contributed by atoms with Crippen LogP contribution in [-0.4, -0.2) is 29.7 Å². The Morgan fingerprint density at radius 1 is 1.09 bits per heavy atom. The number of halogens is 5. The lowest BCUT2D eigenvalue weighted by atomic mass is 9.83. The van der Waals surface area contributed by atoms with Gasteiger partial charge in [0.2, 0.25) is 5.82 Å². The van der Waals surface area contributed by atoms with Crippen LogP contribution in [0.1, 0.15) is 36.5 Å². The first-order valence-electron chi connectivity index (χ1n) is 10.1. The summed E-state index contributed by atoms with van der Waals surface area (Å²) in [5, 5.41) is 4.47. The van der Waals surface area contributed by atoms with E-state index in [1.165, 1.54) is 17.1 Å². The molecule has 1 aliphatic rings. The van der Waals surface area contributed by atoms with Crippen LogP contribution >= 0.6 is 0 Å². The molecule has 5 rings (SSSR count). The number of alkyl halides is 3. The van der Waals surface area contributed by atoms with Crippen molar-refractivity contribution in [3.8, 4) is 11.4 Å². The summed E-state index contributed by atoms with van der Waals surface area (Å²) >= 11 is 0. The highest BCUT2D eigenvalue weighted by Crippen LogP contribution is 2.33. The van der Waals surface area contributed by atoms with Crippen LogP contribution in [0.2, 0.25) is 0 Å². The zero-order valence-corrected chi connectivity index (χ0v) is 16.6. The van der Waals surface area contributed by atoms with Crippen molar-refractivity contribution in [2.45, 2.75) is 38.4 Å². The molecule has 0 aliphatic heterocycles. The van der Waals surface area contributed by atoms with Gasteiger partial charge in [-0.25, -0.2) is 23.4 Å². The Bertz CT molecular complexity index is 1290. The molecule has 11 heteroatoms. The average molecular weight is 448 g/mol. The Hall–Kier alpha value is -3.37. The lowest BCUT2D eigenvalue weighted by Gasteiger charge is -2.23. The number of aromatic nitrogens is 6. The first-order chi connectivity index (χ1) is 15.3. The van der Waals surface area contributed by atoms with Crippen LogP contribution in [0.4, 0.5) is 22.0 Å². The molecule has 1 aliphatic carbocycles. The highest BCUT2D eigenvalue weighted by Gasteiger charge is 2.35. The Balaban J connectivity index is 1.62. The molecule has 1 saturated carbocycles. The second-order valence-electron chi connectivity index (χ2n) is 7.91. The SMILES string of the molecule is Fc1ccc(F)c(Cn2nc(CC3CCC3)nc2-c2cncc3[nH]c(C(F)(F)F)nc23)c1. The van der Waals surface area contributed by atoms with Gasteiger partial charge in [-0.05, 0) is 24.1 Å². The highest BCUT2D eigenvalue weighted by molar-refractivity contribution is 5.89. The average Bonchev–Trinajstić information content (AvgIpc) is 3.31. The number of rotatable bonds is 5. The Morgan fingerprint density at radius 2 is 1.91 bits per heavy atom. The van der Waals surface area contributed by atoms with Crippen LogP contribution in [0, 0.1) is 17.6 Å². The molecule has 1 N–H and O–H groups in total. The van der Waals surface area contributed by atoms with E-state index in [1.54, 1.807) is 0 Å². The summed E-state index contributed by atoms with van der Waals surface area (Å²) in [6, 6.07) is 3.08. The fraction of sp³-hybridized carbons (Fsp3) is 0.333. The first kappa shape index (κ1) is 20.5. The number of hydrogen-bond donors (Lipinski definition) is 1. The van der Waals surface area contributed by atoms with E-state index in [4.69, 9.17) is 0 Å². The molecule has 3 heterocycles. The third-order valence-electron chi connectivity index (χ3n) is 5.64. The van der Waals surface area contributed by atoms with Crippen molar-refractivity contribution < 1.29 is 22.0 Å². The smallest absolute Gasteiger partial charge is 0.333 e. The number of nitrogens with zero attached hydrogens (tertiary/aromatic N) is 5. The molecule has 0 saturated heterocycles. The van der Waals surface area contributed by atoms with Crippen molar-refractivity contribution in [2.24, 2.45) is 5.92 Å². The summed E-state index contributed by atoms with van der Waals surface area (Å²) in [5.41, 5.74) is 0.376. The Labute approximate surface area is 178 Å². The minimum Gasteiger partial charge on any atom is -0.333 e. The fourth-order valence-corrected chi connectivity index (χ4v) is 3.80. The van der Waals surface area contributed by atoms with Gasteiger partial charge in [-0.15, -0.1) is 0 Å². The molecular weight excluding hydrogens is 431 g/mol. The minimum atomic E-state index is -4.66. The summed E-state index contributed by atoms with van der Waals surface area (Å²) in [6.07, 6.45) is 1.75. The number of aromatic amines is 1. The topological polar surface area (TPSA) is 72.3 Å². The number of nitrogens with one attached hydrogen (secondary N) is 1. The summed E-state index contributed by atoms with van der Waals surface area (Å²) < 4.78 is 68.9. The van der Waals surface area contributed by atoms with Gasteiger partial charge in [-0.2, -0.15) is 18.3 Å². The summed E-state index contributed by atoms with van der Waals surface area (Å²) in [7, 11) is 0. The van der Waals surface area contributed by atoms with Crippen molar-refractivity contribution in [1.82, 2.24) is 29.7 Å². The second-order valence-corrected chi connectivity index (χ2v) is 7.91. The summed E-state index contributed by atoms with van der Waals surface area (Å²) in [5.74, 6) is -1.27. The number of pyridine rings is 1. The van der Waals surface area contributed by atoms with E-state index in [9.17, 15) is 22.0 Å². The van der Waals surface area contributed by atoms with E-state index in [0.29, 0.717) is 18.2 Å². The van der Waals surface area contributed by atoms with Gasteiger partial charge in [0.25, 0.3) is 0 Å². The van der Waals surface area contributed by atoms with E-state index in [2.05, 4.69) is 25.0 Å². The Morgan fingerprint density at radius 3 is 2.62 bits per heavy atom. The molecule has 32 heavy (non-hydrogen) atoms. The number of imidazole rings is 1. The molecule has 0 spiro atoms. The van der Waals surface area contributed by atoms with Crippen LogP contribution in [0.5, 0.6) is 0 Å². The van der Waals surface area contributed by atoms with Gasteiger partial charge in [-0.1, -0.05) is 19.3 Å². The van der Waals surface area contributed by atoms with Crippen molar-refractivity contribution in [3.63, 3.8) is 0 Å². The third kappa shape index (κ3) is 3.82. The molecule has 1 fully saturated rings. The zero-order valence-electron chi connectivity index (χ0n) is 16.6. The highest BCUT2D eigenvalue weighted by atomic mass is 19.4. The number of benzene rings is 1. The maximum atomic E-state index is 14.3. The molecule has 0 unspecified atom stereocenters. The summed E-state index contributed by atoms with van der Waals surface area (Å²) in [6.45, 7) is -0.149. The van der Waals surface area contributed by atoms with Gasteiger partial charge in [0.1, 0.15) is 17.2 Å². The van der Waals surface area contributed by atoms with Gasteiger partial charge >= 0.3 is 6.18 Å². The molecule has 0 atom stereocenters. The van der Waals surface area contributed by atoms with Gasteiger partial charge in [0.05, 0.1) is 23.8 Å². The lowest BCUT2D eigenvalue weighted by molar-refractivity contribution is -0.144. The quantitative estimate of drug-likeness (QED) is 0.441. The molecule has 3 aromatic heterocycles. The Kier molecular flexibility index (Phi) is 4.90. The third-order valence-corrected chi connectivity index (χ3v) is 5.64. The van der Waals surface area contributed by atoms with Gasteiger partial charge in [0.15, 0.2) is 11.6 Å². The van der Waals surface area contributed by atoms with E-state index in [1.807, 2.05) is 0 Å². The first-order valence-corrected chi connectivity index (χ1v) is 10.1.